The van der Waals surface area contributed by atoms with E-state index in [0.29, 0.717) is 28.9 Å². The predicted molar refractivity (Wildman–Crippen MR) is 127 cm³/mol. The van der Waals surface area contributed by atoms with E-state index in [4.69, 9.17) is 0 Å². The Morgan fingerprint density at radius 3 is 2.45 bits per heavy atom. The van der Waals surface area contributed by atoms with Gasteiger partial charge in [0.2, 0.25) is 0 Å². The van der Waals surface area contributed by atoms with Crippen LogP contribution < -0.4 is 10.2 Å². The summed E-state index contributed by atoms with van der Waals surface area (Å²) < 4.78 is 2.03. The van der Waals surface area contributed by atoms with Crippen molar-refractivity contribution in [1.82, 2.24) is 9.88 Å². The Hall–Kier alpha value is -3.41. The number of anilines is 1. The zero-order chi connectivity index (χ0) is 22.9. The average Bonchev–Trinajstić information content (AvgIpc) is 3.11. The van der Waals surface area contributed by atoms with Crippen LogP contribution in [0.2, 0.25) is 0 Å². The second-order valence-corrected chi connectivity index (χ2v) is 8.13. The number of rotatable bonds is 5. The lowest BCUT2D eigenvalue weighted by Crippen LogP contribution is -2.37. The summed E-state index contributed by atoms with van der Waals surface area (Å²) in [5, 5.41) is 24.9. The van der Waals surface area contributed by atoms with Crippen LogP contribution in [0.25, 0.3) is 16.6 Å². The molecule has 0 fully saturated rings. The Morgan fingerprint density at radius 1 is 1.13 bits per heavy atom. The SMILES string of the molecule is CCC(C)=C(c1cc(C(C)C)c(O)cc1O)N(C(=O)NC)c1ccc2c(ccn2C)c1. The molecule has 0 aliphatic rings. The van der Waals surface area contributed by atoms with Crippen molar-refractivity contribution in [3.8, 4) is 11.5 Å². The van der Waals surface area contributed by atoms with Crippen LogP contribution in [0, 0.1) is 0 Å². The van der Waals surface area contributed by atoms with Crippen LogP contribution in [-0.2, 0) is 7.05 Å². The lowest BCUT2D eigenvalue weighted by molar-refractivity contribution is 0.250. The van der Waals surface area contributed by atoms with Gasteiger partial charge in [0.25, 0.3) is 0 Å². The second kappa shape index (κ2) is 8.76. The number of urea groups is 1. The molecule has 164 valence electrons. The van der Waals surface area contributed by atoms with Crippen molar-refractivity contribution < 1.29 is 15.0 Å². The number of carbonyl (C=O) groups excluding carboxylic acids is 1. The highest BCUT2D eigenvalue weighted by Crippen LogP contribution is 2.40. The Kier molecular flexibility index (Phi) is 6.29. The molecule has 1 aromatic heterocycles. The van der Waals surface area contributed by atoms with Crippen molar-refractivity contribution in [3.63, 3.8) is 0 Å². The van der Waals surface area contributed by atoms with Crippen LogP contribution in [0.1, 0.15) is 51.2 Å². The maximum atomic E-state index is 13.1. The van der Waals surface area contributed by atoms with E-state index in [-0.39, 0.29) is 23.4 Å². The van der Waals surface area contributed by atoms with E-state index >= 15 is 0 Å². The summed E-state index contributed by atoms with van der Waals surface area (Å²) in [6.07, 6.45) is 2.67. The van der Waals surface area contributed by atoms with Gasteiger partial charge in [-0.3, -0.25) is 4.90 Å². The largest absolute Gasteiger partial charge is 0.508 e. The monoisotopic (exact) mass is 421 g/mol. The normalized spacial score (nSPS) is 12.2. The van der Waals surface area contributed by atoms with Crippen LogP contribution in [0.4, 0.5) is 10.5 Å². The molecule has 0 spiro atoms. The third kappa shape index (κ3) is 4.10. The van der Waals surface area contributed by atoms with Gasteiger partial charge in [-0.05, 0) is 60.7 Å². The molecule has 6 nitrogen and oxygen atoms in total. The van der Waals surface area contributed by atoms with Gasteiger partial charge in [-0.2, -0.15) is 0 Å². The number of allylic oxidation sites excluding steroid dienone is 1. The molecule has 0 unspecified atom stereocenters. The molecular weight excluding hydrogens is 390 g/mol. The predicted octanol–water partition coefficient (Wildman–Crippen LogP) is 5.70. The maximum Gasteiger partial charge on any atom is 0.326 e. The third-order valence-corrected chi connectivity index (χ3v) is 5.72. The average molecular weight is 422 g/mol. The Balaban J connectivity index is 2.30. The number of phenolic OH excluding ortho intramolecular Hbond substituents is 2. The van der Waals surface area contributed by atoms with E-state index in [1.165, 1.54) is 6.07 Å². The highest BCUT2D eigenvalue weighted by molar-refractivity contribution is 6.07. The molecule has 2 amide bonds. The number of amides is 2. The van der Waals surface area contributed by atoms with Gasteiger partial charge in [0, 0.05) is 42.8 Å². The van der Waals surface area contributed by atoms with E-state index in [9.17, 15) is 15.0 Å². The second-order valence-electron chi connectivity index (χ2n) is 8.13. The molecular formula is C25H31N3O3. The molecule has 2 aromatic carbocycles. The first-order chi connectivity index (χ1) is 14.7. The fraction of sp³-hybridized carbons (Fsp3) is 0.320. The van der Waals surface area contributed by atoms with Crippen LogP contribution in [0.15, 0.2) is 48.2 Å². The number of aromatic hydroxyl groups is 2. The van der Waals surface area contributed by atoms with Gasteiger partial charge >= 0.3 is 6.03 Å². The molecule has 0 saturated carbocycles. The van der Waals surface area contributed by atoms with Crippen molar-refractivity contribution in [2.75, 3.05) is 11.9 Å². The number of fused-ring (bicyclic) bond motifs is 1. The van der Waals surface area contributed by atoms with Gasteiger partial charge in [0.1, 0.15) is 11.5 Å². The van der Waals surface area contributed by atoms with Gasteiger partial charge in [0.15, 0.2) is 0 Å². The first kappa shape index (κ1) is 22.3. The number of nitrogens with one attached hydrogen (secondary N) is 1. The molecule has 0 aliphatic carbocycles. The highest BCUT2D eigenvalue weighted by Gasteiger charge is 2.26. The maximum absolute atomic E-state index is 13.1. The van der Waals surface area contributed by atoms with E-state index in [2.05, 4.69) is 5.32 Å². The molecule has 0 radical (unpaired) electrons. The quantitative estimate of drug-likeness (QED) is 0.494. The molecule has 0 saturated heterocycles. The van der Waals surface area contributed by atoms with E-state index < -0.39 is 0 Å². The highest BCUT2D eigenvalue weighted by atomic mass is 16.3. The fourth-order valence-electron chi connectivity index (χ4n) is 3.82. The van der Waals surface area contributed by atoms with Crippen molar-refractivity contribution in [3.05, 3.63) is 59.3 Å². The number of aryl methyl sites for hydroxylation is 1. The zero-order valence-corrected chi connectivity index (χ0v) is 19.0. The summed E-state index contributed by atoms with van der Waals surface area (Å²) in [6, 6.07) is 10.7. The minimum Gasteiger partial charge on any atom is -0.508 e. The number of hydrogen-bond acceptors (Lipinski definition) is 3. The first-order valence-corrected chi connectivity index (χ1v) is 10.5. The van der Waals surface area contributed by atoms with Gasteiger partial charge < -0.3 is 20.1 Å². The van der Waals surface area contributed by atoms with Crippen LogP contribution in [0.3, 0.4) is 0 Å². The van der Waals surface area contributed by atoms with Gasteiger partial charge in [-0.1, -0.05) is 20.8 Å². The molecule has 0 aliphatic heterocycles. The van der Waals surface area contributed by atoms with E-state index in [1.54, 1.807) is 18.0 Å². The molecule has 0 atom stereocenters. The number of nitrogens with zero attached hydrogens (tertiary/aromatic N) is 2. The zero-order valence-electron chi connectivity index (χ0n) is 19.0. The minimum atomic E-state index is -0.309. The standard InChI is InChI=1S/C25H31N3O3/c1-7-16(4)24(20-13-19(15(2)3)22(29)14-23(20)30)28(25(31)26-5)18-8-9-21-17(12-18)10-11-27(21)6/h8-15,29-30H,7H2,1-6H3,(H,26,31). The number of carbonyl (C=O) groups is 1. The molecule has 1 heterocycles. The summed E-state index contributed by atoms with van der Waals surface area (Å²) in [4.78, 5) is 14.7. The summed E-state index contributed by atoms with van der Waals surface area (Å²) in [7, 11) is 3.57. The van der Waals surface area contributed by atoms with Crippen molar-refractivity contribution >= 4 is 28.3 Å². The summed E-state index contributed by atoms with van der Waals surface area (Å²) in [5.41, 5.74) is 4.53. The molecule has 6 heteroatoms. The molecule has 3 rings (SSSR count). The molecule has 31 heavy (non-hydrogen) atoms. The Morgan fingerprint density at radius 2 is 1.84 bits per heavy atom. The fourth-order valence-corrected chi connectivity index (χ4v) is 3.82. The number of aromatic nitrogens is 1. The van der Waals surface area contributed by atoms with Gasteiger partial charge in [-0.15, -0.1) is 0 Å². The van der Waals surface area contributed by atoms with E-state index in [1.807, 2.05) is 69.8 Å². The van der Waals surface area contributed by atoms with Crippen LogP contribution in [0.5, 0.6) is 11.5 Å². The number of phenols is 2. The van der Waals surface area contributed by atoms with Gasteiger partial charge in [-0.25, -0.2) is 4.79 Å². The minimum absolute atomic E-state index is 0.0435. The molecule has 3 N–H and O–H groups in total. The van der Waals surface area contributed by atoms with Crippen LogP contribution >= 0.6 is 0 Å². The van der Waals surface area contributed by atoms with Crippen molar-refractivity contribution in [1.29, 1.82) is 0 Å². The summed E-state index contributed by atoms with van der Waals surface area (Å²) >= 11 is 0. The lowest BCUT2D eigenvalue weighted by Gasteiger charge is -2.29. The number of benzene rings is 2. The Labute approximate surface area is 183 Å². The van der Waals surface area contributed by atoms with Crippen molar-refractivity contribution in [2.24, 2.45) is 7.05 Å². The third-order valence-electron chi connectivity index (χ3n) is 5.72. The van der Waals surface area contributed by atoms with E-state index in [0.717, 1.165) is 16.5 Å². The number of hydrogen-bond donors (Lipinski definition) is 3. The summed E-state index contributed by atoms with van der Waals surface area (Å²) in [5.74, 6) is 0.0259. The first-order valence-electron chi connectivity index (χ1n) is 10.5. The molecule has 0 bridgehead atoms. The Bertz CT molecular complexity index is 1160. The lowest BCUT2D eigenvalue weighted by atomic mass is 9.95. The van der Waals surface area contributed by atoms with Crippen molar-refractivity contribution in [2.45, 2.75) is 40.0 Å². The molecule has 3 aromatic rings. The topological polar surface area (TPSA) is 77.7 Å². The summed E-state index contributed by atoms with van der Waals surface area (Å²) in [6.45, 7) is 7.92. The smallest absolute Gasteiger partial charge is 0.326 e. The van der Waals surface area contributed by atoms with Crippen LogP contribution in [-0.4, -0.2) is 27.9 Å². The van der Waals surface area contributed by atoms with Gasteiger partial charge in [0.05, 0.1) is 11.4 Å².